The molecule has 0 aliphatic carbocycles. The molecule has 0 spiro atoms. The van der Waals surface area contributed by atoms with Gasteiger partial charge >= 0.3 is 5.97 Å². The predicted molar refractivity (Wildman–Crippen MR) is 64.6 cm³/mol. The molecule has 1 aromatic heterocycles. The molecular formula is C12H14N4O2. The van der Waals surface area contributed by atoms with Gasteiger partial charge in [-0.25, -0.2) is 0 Å². The first-order valence-corrected chi connectivity index (χ1v) is 5.65. The van der Waals surface area contributed by atoms with Gasteiger partial charge in [0.05, 0.1) is 12.1 Å². The van der Waals surface area contributed by atoms with E-state index in [1.165, 1.54) is 0 Å². The van der Waals surface area contributed by atoms with Crippen molar-refractivity contribution in [2.24, 2.45) is 0 Å². The van der Waals surface area contributed by atoms with E-state index in [9.17, 15) is 4.79 Å². The molecule has 2 aromatic rings. The minimum absolute atomic E-state index is 0.0191. The van der Waals surface area contributed by atoms with Crippen LogP contribution in [0, 0.1) is 13.8 Å². The quantitative estimate of drug-likeness (QED) is 0.879. The van der Waals surface area contributed by atoms with Gasteiger partial charge in [-0.2, -0.15) is 4.68 Å². The number of carboxylic acid groups (broad SMARTS) is 1. The molecule has 1 aromatic carbocycles. The Balaban J connectivity index is 2.39. The number of rotatable bonds is 4. The summed E-state index contributed by atoms with van der Waals surface area (Å²) in [5.74, 6) is -0.291. The smallest absolute Gasteiger partial charge is 0.303 e. The molecule has 0 unspecified atom stereocenters. The number of aryl methyl sites for hydroxylation is 3. The highest BCUT2D eigenvalue weighted by Crippen LogP contribution is 2.18. The zero-order valence-electron chi connectivity index (χ0n) is 10.3. The molecule has 6 heteroatoms. The van der Waals surface area contributed by atoms with Crippen LogP contribution in [0.5, 0.6) is 0 Å². The van der Waals surface area contributed by atoms with Crippen LogP contribution in [0.15, 0.2) is 18.2 Å². The van der Waals surface area contributed by atoms with Crippen LogP contribution in [0.4, 0.5) is 0 Å². The molecule has 0 bridgehead atoms. The van der Waals surface area contributed by atoms with Crippen molar-refractivity contribution in [2.75, 3.05) is 0 Å². The minimum atomic E-state index is -0.856. The maximum absolute atomic E-state index is 10.6. The molecule has 1 N–H and O–H groups in total. The van der Waals surface area contributed by atoms with Crippen LogP contribution in [0.2, 0.25) is 0 Å². The molecule has 2 rings (SSSR count). The van der Waals surface area contributed by atoms with Gasteiger partial charge in [0.25, 0.3) is 0 Å². The number of hydrogen-bond acceptors (Lipinski definition) is 4. The fraction of sp³-hybridized carbons (Fsp3) is 0.333. The van der Waals surface area contributed by atoms with E-state index < -0.39 is 5.97 Å². The Hall–Kier alpha value is -2.24. The Bertz CT molecular complexity index is 557. The van der Waals surface area contributed by atoms with Crippen molar-refractivity contribution in [1.29, 1.82) is 0 Å². The van der Waals surface area contributed by atoms with Gasteiger partial charge in [0.2, 0.25) is 0 Å². The number of para-hydroxylation sites is 1. The summed E-state index contributed by atoms with van der Waals surface area (Å²) in [4.78, 5) is 10.6. The summed E-state index contributed by atoms with van der Waals surface area (Å²) < 4.78 is 1.62. The Morgan fingerprint density at radius 2 is 2.00 bits per heavy atom. The first-order valence-electron chi connectivity index (χ1n) is 5.65. The molecule has 0 radical (unpaired) electrons. The molecule has 0 saturated carbocycles. The SMILES string of the molecule is Cc1cccc(C)c1-n1nnnc1CCC(=O)O. The van der Waals surface area contributed by atoms with Crippen LogP contribution >= 0.6 is 0 Å². The maximum atomic E-state index is 10.6. The number of benzene rings is 1. The molecule has 0 atom stereocenters. The van der Waals surface area contributed by atoms with E-state index in [2.05, 4.69) is 15.5 Å². The zero-order chi connectivity index (χ0) is 13.1. The van der Waals surface area contributed by atoms with E-state index in [-0.39, 0.29) is 6.42 Å². The molecule has 0 amide bonds. The van der Waals surface area contributed by atoms with Crippen LogP contribution in [0.3, 0.4) is 0 Å². The minimum Gasteiger partial charge on any atom is -0.481 e. The van der Waals surface area contributed by atoms with Crippen LogP contribution in [0.1, 0.15) is 23.4 Å². The number of tetrazole rings is 1. The second kappa shape index (κ2) is 4.95. The third kappa shape index (κ3) is 2.37. The Morgan fingerprint density at radius 1 is 1.33 bits per heavy atom. The fourth-order valence-electron chi connectivity index (χ4n) is 1.89. The second-order valence-corrected chi connectivity index (χ2v) is 4.14. The highest BCUT2D eigenvalue weighted by atomic mass is 16.4. The van der Waals surface area contributed by atoms with Gasteiger partial charge in [0, 0.05) is 6.42 Å². The molecule has 94 valence electrons. The number of aromatic nitrogens is 4. The zero-order valence-corrected chi connectivity index (χ0v) is 10.3. The van der Waals surface area contributed by atoms with Gasteiger partial charge in [-0.3, -0.25) is 4.79 Å². The van der Waals surface area contributed by atoms with Crippen LogP contribution < -0.4 is 0 Å². The van der Waals surface area contributed by atoms with Crippen LogP contribution in [-0.4, -0.2) is 31.3 Å². The van der Waals surface area contributed by atoms with E-state index in [1.807, 2.05) is 32.0 Å². The van der Waals surface area contributed by atoms with Gasteiger partial charge in [-0.15, -0.1) is 5.10 Å². The van der Waals surface area contributed by atoms with Gasteiger partial charge in [-0.05, 0) is 35.4 Å². The summed E-state index contributed by atoms with van der Waals surface area (Å²) >= 11 is 0. The molecule has 6 nitrogen and oxygen atoms in total. The monoisotopic (exact) mass is 246 g/mol. The maximum Gasteiger partial charge on any atom is 0.303 e. The first kappa shape index (κ1) is 12.2. The van der Waals surface area contributed by atoms with Crippen molar-refractivity contribution in [1.82, 2.24) is 20.2 Å². The van der Waals surface area contributed by atoms with Crippen molar-refractivity contribution in [3.8, 4) is 5.69 Å². The molecular weight excluding hydrogens is 232 g/mol. The van der Waals surface area contributed by atoms with Crippen LogP contribution in [0.25, 0.3) is 5.69 Å². The number of aliphatic carboxylic acids is 1. The summed E-state index contributed by atoms with van der Waals surface area (Å²) in [5, 5.41) is 20.2. The lowest BCUT2D eigenvalue weighted by atomic mass is 10.1. The largest absolute Gasteiger partial charge is 0.481 e. The topological polar surface area (TPSA) is 80.9 Å². The third-order valence-electron chi connectivity index (χ3n) is 2.75. The van der Waals surface area contributed by atoms with Gasteiger partial charge in [-0.1, -0.05) is 18.2 Å². The lowest BCUT2D eigenvalue weighted by Crippen LogP contribution is -2.09. The lowest BCUT2D eigenvalue weighted by Gasteiger charge is -2.10. The van der Waals surface area contributed by atoms with Gasteiger partial charge in [0.15, 0.2) is 5.82 Å². The number of hydrogen-bond donors (Lipinski definition) is 1. The van der Waals surface area contributed by atoms with E-state index >= 15 is 0 Å². The summed E-state index contributed by atoms with van der Waals surface area (Å²) in [6.45, 7) is 3.95. The van der Waals surface area contributed by atoms with Crippen molar-refractivity contribution < 1.29 is 9.90 Å². The highest BCUT2D eigenvalue weighted by Gasteiger charge is 2.13. The van der Waals surface area contributed by atoms with E-state index in [4.69, 9.17) is 5.11 Å². The Kier molecular flexibility index (Phi) is 3.36. The summed E-state index contributed by atoms with van der Waals surface area (Å²) in [6.07, 6.45) is 0.335. The molecule has 0 saturated heterocycles. The normalized spacial score (nSPS) is 10.6. The highest BCUT2D eigenvalue weighted by molar-refractivity contribution is 5.66. The number of nitrogens with zero attached hydrogens (tertiary/aromatic N) is 4. The van der Waals surface area contributed by atoms with Crippen LogP contribution in [-0.2, 0) is 11.2 Å². The van der Waals surface area contributed by atoms with Gasteiger partial charge < -0.3 is 5.11 Å². The lowest BCUT2D eigenvalue weighted by molar-refractivity contribution is -0.137. The summed E-state index contributed by atoms with van der Waals surface area (Å²) in [7, 11) is 0. The summed E-state index contributed by atoms with van der Waals surface area (Å²) in [5.41, 5.74) is 3.03. The van der Waals surface area contributed by atoms with Crippen molar-refractivity contribution >= 4 is 5.97 Å². The van der Waals surface area contributed by atoms with Gasteiger partial charge in [0.1, 0.15) is 0 Å². The van der Waals surface area contributed by atoms with Crippen molar-refractivity contribution in [3.63, 3.8) is 0 Å². The molecule has 0 fully saturated rings. The van der Waals surface area contributed by atoms with Crippen molar-refractivity contribution in [3.05, 3.63) is 35.2 Å². The molecule has 0 aliphatic rings. The first-order chi connectivity index (χ1) is 8.59. The average Bonchev–Trinajstić information content (AvgIpc) is 2.74. The molecule has 18 heavy (non-hydrogen) atoms. The predicted octanol–water partition coefficient (Wildman–Crippen LogP) is 1.30. The Labute approximate surface area is 104 Å². The molecule has 1 heterocycles. The van der Waals surface area contributed by atoms with Crippen molar-refractivity contribution in [2.45, 2.75) is 26.7 Å². The average molecular weight is 246 g/mol. The number of carboxylic acids is 1. The van der Waals surface area contributed by atoms with E-state index in [0.29, 0.717) is 12.2 Å². The molecule has 0 aliphatic heterocycles. The van der Waals surface area contributed by atoms with E-state index in [1.54, 1.807) is 4.68 Å². The Morgan fingerprint density at radius 3 is 2.61 bits per heavy atom. The summed E-state index contributed by atoms with van der Waals surface area (Å²) in [6, 6.07) is 5.92. The van der Waals surface area contributed by atoms with E-state index in [0.717, 1.165) is 16.8 Å². The second-order valence-electron chi connectivity index (χ2n) is 4.14. The fourth-order valence-corrected chi connectivity index (χ4v) is 1.89. The number of carbonyl (C=O) groups is 1. The standard InChI is InChI=1S/C12H14N4O2/c1-8-4-3-5-9(2)12(8)16-10(13-14-15-16)6-7-11(17)18/h3-5H,6-7H2,1-2H3,(H,17,18). The third-order valence-corrected chi connectivity index (χ3v) is 2.75.